The molecule has 0 saturated heterocycles. The normalized spacial score (nSPS) is 13.3. The fourth-order valence-corrected chi connectivity index (χ4v) is 3.70. The number of rotatable bonds is 5. The Morgan fingerprint density at radius 3 is 2.34 bits per heavy atom. The van der Waals surface area contributed by atoms with Gasteiger partial charge in [0.05, 0.1) is 5.56 Å². The van der Waals surface area contributed by atoms with Gasteiger partial charge >= 0.3 is 0 Å². The second-order valence-corrected chi connectivity index (χ2v) is 7.72. The van der Waals surface area contributed by atoms with Crippen molar-refractivity contribution in [1.29, 1.82) is 0 Å². The standard InChI is InChI=1S/C24H26N4O/c1-18(2)28(16-19-8-4-3-5-9-19)23(29)22-14-25-24(26-15-22)27-13-12-20-10-6-7-11-21(20)17-27/h3-11,14-15,18H,12-13,16-17H2,1-2H3. The van der Waals surface area contributed by atoms with Gasteiger partial charge in [-0.25, -0.2) is 9.97 Å². The highest BCUT2D eigenvalue weighted by Crippen LogP contribution is 2.22. The first-order valence-electron chi connectivity index (χ1n) is 10.1. The predicted molar refractivity (Wildman–Crippen MR) is 115 cm³/mol. The summed E-state index contributed by atoms with van der Waals surface area (Å²) >= 11 is 0. The first-order valence-corrected chi connectivity index (χ1v) is 10.1. The molecule has 0 atom stereocenters. The van der Waals surface area contributed by atoms with Crippen molar-refractivity contribution in [2.45, 2.75) is 39.4 Å². The molecule has 0 N–H and O–H groups in total. The van der Waals surface area contributed by atoms with Crippen LogP contribution in [-0.2, 0) is 19.5 Å². The van der Waals surface area contributed by atoms with E-state index in [4.69, 9.17) is 0 Å². The number of carbonyl (C=O) groups is 1. The molecule has 3 aromatic rings. The number of anilines is 1. The van der Waals surface area contributed by atoms with Crippen LogP contribution in [0.1, 0.15) is 40.9 Å². The number of hydrogen-bond donors (Lipinski definition) is 0. The molecule has 2 aromatic carbocycles. The molecule has 148 valence electrons. The van der Waals surface area contributed by atoms with Crippen molar-refractivity contribution in [3.63, 3.8) is 0 Å². The first-order chi connectivity index (χ1) is 14.1. The highest BCUT2D eigenvalue weighted by Gasteiger charge is 2.22. The number of carbonyl (C=O) groups excluding carboxylic acids is 1. The Hall–Kier alpha value is -3.21. The lowest BCUT2D eigenvalue weighted by Gasteiger charge is -2.29. The summed E-state index contributed by atoms with van der Waals surface area (Å²) < 4.78 is 0. The molecule has 1 aromatic heterocycles. The van der Waals surface area contributed by atoms with Crippen molar-refractivity contribution in [2.75, 3.05) is 11.4 Å². The van der Waals surface area contributed by atoms with Gasteiger partial charge < -0.3 is 9.80 Å². The Kier molecular flexibility index (Phi) is 5.56. The van der Waals surface area contributed by atoms with Gasteiger partial charge in [0, 0.05) is 38.1 Å². The average molecular weight is 386 g/mol. The predicted octanol–water partition coefficient (Wildman–Crippen LogP) is 4.09. The molecule has 0 unspecified atom stereocenters. The van der Waals surface area contributed by atoms with E-state index in [1.165, 1.54) is 11.1 Å². The summed E-state index contributed by atoms with van der Waals surface area (Å²) in [6.07, 6.45) is 4.30. The number of amides is 1. The van der Waals surface area contributed by atoms with E-state index in [-0.39, 0.29) is 11.9 Å². The Morgan fingerprint density at radius 1 is 1.00 bits per heavy atom. The van der Waals surface area contributed by atoms with Crippen molar-refractivity contribution in [2.24, 2.45) is 0 Å². The van der Waals surface area contributed by atoms with E-state index in [9.17, 15) is 4.79 Å². The van der Waals surface area contributed by atoms with Gasteiger partial charge in [0.15, 0.2) is 0 Å². The third kappa shape index (κ3) is 4.29. The molecule has 0 saturated carbocycles. The molecule has 4 rings (SSSR count). The van der Waals surface area contributed by atoms with Crippen LogP contribution >= 0.6 is 0 Å². The van der Waals surface area contributed by atoms with E-state index in [2.05, 4.69) is 39.1 Å². The van der Waals surface area contributed by atoms with Gasteiger partial charge in [-0.1, -0.05) is 54.6 Å². The summed E-state index contributed by atoms with van der Waals surface area (Å²) in [6.45, 7) is 6.32. The Balaban J connectivity index is 1.48. The maximum Gasteiger partial charge on any atom is 0.257 e. The lowest BCUT2D eigenvalue weighted by molar-refractivity contribution is 0.0689. The molecule has 0 aliphatic carbocycles. The average Bonchev–Trinajstić information content (AvgIpc) is 2.77. The molecule has 2 heterocycles. The zero-order chi connectivity index (χ0) is 20.2. The highest BCUT2D eigenvalue weighted by atomic mass is 16.2. The van der Waals surface area contributed by atoms with Crippen LogP contribution in [0.5, 0.6) is 0 Å². The van der Waals surface area contributed by atoms with Gasteiger partial charge in [0.25, 0.3) is 5.91 Å². The van der Waals surface area contributed by atoms with Crippen LogP contribution in [0.2, 0.25) is 0 Å². The molecule has 1 aliphatic heterocycles. The van der Waals surface area contributed by atoms with Crippen LogP contribution in [0.25, 0.3) is 0 Å². The first kappa shape index (κ1) is 19.1. The van der Waals surface area contributed by atoms with E-state index in [1.54, 1.807) is 12.4 Å². The van der Waals surface area contributed by atoms with E-state index in [0.29, 0.717) is 18.1 Å². The molecule has 5 heteroatoms. The summed E-state index contributed by atoms with van der Waals surface area (Å²) in [7, 11) is 0. The van der Waals surface area contributed by atoms with Crippen LogP contribution in [0.15, 0.2) is 67.0 Å². The topological polar surface area (TPSA) is 49.3 Å². The van der Waals surface area contributed by atoms with E-state index in [0.717, 1.165) is 25.1 Å². The molecular formula is C24H26N4O. The van der Waals surface area contributed by atoms with Gasteiger partial charge in [0.2, 0.25) is 5.95 Å². The van der Waals surface area contributed by atoms with Gasteiger partial charge in [-0.05, 0) is 37.0 Å². The lowest BCUT2D eigenvalue weighted by atomic mass is 10.0. The number of nitrogens with zero attached hydrogens (tertiary/aromatic N) is 4. The number of hydrogen-bond acceptors (Lipinski definition) is 4. The molecule has 0 fully saturated rings. The number of aromatic nitrogens is 2. The van der Waals surface area contributed by atoms with E-state index < -0.39 is 0 Å². The largest absolute Gasteiger partial charge is 0.336 e. The SMILES string of the molecule is CC(C)N(Cc1ccccc1)C(=O)c1cnc(N2CCc3ccccc3C2)nc1. The van der Waals surface area contributed by atoms with Gasteiger partial charge in [-0.3, -0.25) is 4.79 Å². The summed E-state index contributed by atoms with van der Waals surface area (Å²) in [4.78, 5) is 26.1. The maximum absolute atomic E-state index is 13.1. The van der Waals surface area contributed by atoms with Crippen molar-refractivity contribution in [3.05, 3.63) is 89.2 Å². The molecule has 5 nitrogen and oxygen atoms in total. The number of benzene rings is 2. The van der Waals surface area contributed by atoms with Crippen molar-refractivity contribution < 1.29 is 4.79 Å². The quantitative estimate of drug-likeness (QED) is 0.663. The molecule has 1 aliphatic rings. The Labute approximate surface area is 172 Å². The third-order valence-corrected chi connectivity index (χ3v) is 5.38. The fraction of sp³-hybridized carbons (Fsp3) is 0.292. The van der Waals surface area contributed by atoms with Crippen molar-refractivity contribution >= 4 is 11.9 Å². The van der Waals surface area contributed by atoms with Crippen LogP contribution in [-0.4, -0.2) is 33.4 Å². The van der Waals surface area contributed by atoms with Crippen molar-refractivity contribution in [3.8, 4) is 0 Å². The summed E-state index contributed by atoms with van der Waals surface area (Å²) in [5.74, 6) is 0.634. The third-order valence-electron chi connectivity index (χ3n) is 5.38. The maximum atomic E-state index is 13.1. The van der Waals surface area contributed by atoms with Crippen LogP contribution in [0.4, 0.5) is 5.95 Å². The second kappa shape index (κ2) is 8.43. The lowest BCUT2D eigenvalue weighted by Crippen LogP contribution is -2.36. The summed E-state index contributed by atoms with van der Waals surface area (Å²) in [5, 5.41) is 0. The van der Waals surface area contributed by atoms with E-state index in [1.807, 2.05) is 49.1 Å². The zero-order valence-electron chi connectivity index (χ0n) is 17.0. The molecule has 29 heavy (non-hydrogen) atoms. The van der Waals surface area contributed by atoms with Crippen molar-refractivity contribution in [1.82, 2.24) is 14.9 Å². The van der Waals surface area contributed by atoms with Gasteiger partial charge in [-0.15, -0.1) is 0 Å². The zero-order valence-corrected chi connectivity index (χ0v) is 17.0. The molecule has 0 radical (unpaired) electrons. The van der Waals surface area contributed by atoms with Crippen LogP contribution in [0, 0.1) is 0 Å². The smallest absolute Gasteiger partial charge is 0.257 e. The summed E-state index contributed by atoms with van der Waals surface area (Å²) in [5.41, 5.74) is 4.34. The Bertz CT molecular complexity index is 970. The van der Waals surface area contributed by atoms with Crippen LogP contribution < -0.4 is 4.90 Å². The fourth-order valence-electron chi connectivity index (χ4n) is 3.70. The second-order valence-electron chi connectivity index (χ2n) is 7.72. The molecule has 1 amide bonds. The minimum absolute atomic E-state index is 0.0422. The summed E-state index contributed by atoms with van der Waals surface area (Å²) in [6, 6.07) is 18.6. The highest BCUT2D eigenvalue weighted by molar-refractivity contribution is 5.93. The molecular weight excluding hydrogens is 360 g/mol. The minimum atomic E-state index is -0.0422. The van der Waals surface area contributed by atoms with Gasteiger partial charge in [0.1, 0.15) is 0 Å². The molecule has 0 bridgehead atoms. The molecule has 0 spiro atoms. The van der Waals surface area contributed by atoms with Gasteiger partial charge in [-0.2, -0.15) is 0 Å². The monoisotopic (exact) mass is 386 g/mol. The van der Waals surface area contributed by atoms with Crippen LogP contribution in [0.3, 0.4) is 0 Å². The minimum Gasteiger partial charge on any atom is -0.336 e. The number of fused-ring (bicyclic) bond motifs is 1. The van der Waals surface area contributed by atoms with E-state index >= 15 is 0 Å². The Morgan fingerprint density at radius 2 is 1.66 bits per heavy atom.